The van der Waals surface area contributed by atoms with Gasteiger partial charge in [-0.3, -0.25) is 24.2 Å². The molecule has 0 aliphatic carbocycles. The van der Waals surface area contributed by atoms with Crippen LogP contribution in [0.15, 0.2) is 29.3 Å². The minimum atomic E-state index is -1.48. The summed E-state index contributed by atoms with van der Waals surface area (Å²) >= 11 is 0. The number of aliphatic imine (C=N–C) groups is 1. The van der Waals surface area contributed by atoms with Crippen LogP contribution >= 0.6 is 0 Å². The second-order valence-corrected chi connectivity index (χ2v) is 8.28. The number of aromatic hydroxyl groups is 1. The van der Waals surface area contributed by atoms with Crippen molar-refractivity contribution < 1.29 is 34.5 Å². The van der Waals surface area contributed by atoms with Gasteiger partial charge < -0.3 is 48.5 Å². The fourth-order valence-corrected chi connectivity index (χ4v) is 3.05. The number of amides is 3. The first-order chi connectivity index (χ1) is 16.8. The van der Waals surface area contributed by atoms with Crippen molar-refractivity contribution in [1.82, 2.24) is 16.0 Å². The highest BCUT2D eigenvalue weighted by molar-refractivity contribution is 5.94. The third-order valence-electron chi connectivity index (χ3n) is 5.10. The zero-order valence-electron chi connectivity index (χ0n) is 20.2. The molecule has 5 atom stereocenters. The smallest absolute Gasteiger partial charge is 0.325 e. The van der Waals surface area contributed by atoms with E-state index in [1.807, 2.05) is 0 Å². The van der Waals surface area contributed by atoms with Crippen LogP contribution in [0.2, 0.25) is 0 Å². The van der Waals surface area contributed by atoms with E-state index in [4.69, 9.17) is 22.3 Å². The number of nitrogens with one attached hydrogen (secondary N) is 3. The van der Waals surface area contributed by atoms with E-state index < -0.39 is 54.0 Å². The predicted octanol–water partition coefficient (Wildman–Crippen LogP) is -2.74. The van der Waals surface area contributed by atoms with Crippen molar-refractivity contribution in [2.45, 2.75) is 63.4 Å². The standard InChI is InChI=1S/C22H35N7O7/c1-11(21(35)36)27-20(34)17(12(2)30)29-19(33)16(4-3-9-26-22(24)25)28-18(32)15(23)10-13-5-7-14(31)8-6-13/h5-8,11-12,15-17,30-31H,3-4,9-10,23H2,1-2H3,(H,27,34)(H,28,32)(H,29,33)(H,35,36)(H4,24,25,26). The predicted molar refractivity (Wildman–Crippen MR) is 130 cm³/mol. The van der Waals surface area contributed by atoms with Crippen LogP contribution in [0, 0.1) is 0 Å². The number of carbonyl (C=O) groups excluding carboxylic acids is 3. The molecule has 12 N–H and O–H groups in total. The largest absolute Gasteiger partial charge is 0.508 e. The van der Waals surface area contributed by atoms with Crippen molar-refractivity contribution in [3.05, 3.63) is 29.8 Å². The van der Waals surface area contributed by atoms with Crippen molar-refractivity contribution in [1.29, 1.82) is 0 Å². The van der Waals surface area contributed by atoms with Gasteiger partial charge in [-0.25, -0.2) is 0 Å². The first kappa shape index (κ1) is 30.1. The first-order valence-electron chi connectivity index (χ1n) is 11.2. The zero-order chi connectivity index (χ0) is 27.4. The van der Waals surface area contributed by atoms with Gasteiger partial charge in [0.05, 0.1) is 12.1 Å². The summed E-state index contributed by atoms with van der Waals surface area (Å²) in [7, 11) is 0. The molecule has 1 aromatic rings. The second-order valence-electron chi connectivity index (χ2n) is 8.28. The van der Waals surface area contributed by atoms with E-state index in [0.29, 0.717) is 5.56 Å². The minimum absolute atomic E-state index is 0.0590. The van der Waals surface area contributed by atoms with Gasteiger partial charge in [-0.15, -0.1) is 0 Å². The highest BCUT2D eigenvalue weighted by Crippen LogP contribution is 2.11. The summed E-state index contributed by atoms with van der Waals surface area (Å²) in [6, 6.07) is 1.17. The van der Waals surface area contributed by atoms with E-state index in [9.17, 15) is 29.4 Å². The highest BCUT2D eigenvalue weighted by atomic mass is 16.4. The Labute approximate surface area is 208 Å². The van der Waals surface area contributed by atoms with Gasteiger partial charge in [0.25, 0.3) is 0 Å². The third kappa shape index (κ3) is 10.6. The van der Waals surface area contributed by atoms with Gasteiger partial charge in [0.2, 0.25) is 17.7 Å². The molecule has 5 unspecified atom stereocenters. The summed E-state index contributed by atoms with van der Waals surface area (Å²) in [6.45, 7) is 2.64. The van der Waals surface area contributed by atoms with Crippen molar-refractivity contribution in [3.8, 4) is 5.75 Å². The molecule has 200 valence electrons. The average Bonchev–Trinajstić information content (AvgIpc) is 2.79. The Balaban J connectivity index is 2.95. The van der Waals surface area contributed by atoms with E-state index in [-0.39, 0.29) is 37.5 Å². The fourth-order valence-electron chi connectivity index (χ4n) is 3.05. The number of rotatable bonds is 14. The number of nitrogens with two attached hydrogens (primary N) is 3. The van der Waals surface area contributed by atoms with E-state index in [1.54, 1.807) is 12.1 Å². The Morgan fingerprint density at radius 3 is 2.11 bits per heavy atom. The molecule has 1 aromatic carbocycles. The number of carbonyl (C=O) groups is 4. The molecule has 14 heteroatoms. The SMILES string of the molecule is CC(NC(=O)C(NC(=O)C(CCCN=C(N)N)NC(=O)C(N)Cc1ccc(O)cc1)C(C)O)C(=O)O. The lowest BCUT2D eigenvalue weighted by Gasteiger charge is -2.26. The number of aliphatic carboxylic acids is 1. The number of carboxylic acids is 1. The van der Waals surface area contributed by atoms with Gasteiger partial charge in [-0.05, 0) is 50.8 Å². The van der Waals surface area contributed by atoms with Gasteiger partial charge in [0.1, 0.15) is 23.9 Å². The van der Waals surface area contributed by atoms with Crippen molar-refractivity contribution >= 4 is 29.7 Å². The van der Waals surface area contributed by atoms with Crippen LogP contribution in [-0.4, -0.2) is 81.8 Å². The maximum atomic E-state index is 13.0. The number of phenols is 1. The number of benzene rings is 1. The Morgan fingerprint density at radius 1 is 0.972 bits per heavy atom. The lowest BCUT2D eigenvalue weighted by Crippen LogP contribution is -2.59. The van der Waals surface area contributed by atoms with Crippen LogP contribution in [0.1, 0.15) is 32.3 Å². The monoisotopic (exact) mass is 509 g/mol. The van der Waals surface area contributed by atoms with Crippen molar-refractivity contribution in [3.63, 3.8) is 0 Å². The molecular formula is C22H35N7O7. The molecule has 0 aliphatic rings. The number of phenolic OH excluding ortho intramolecular Hbond substituents is 1. The lowest BCUT2D eigenvalue weighted by molar-refractivity contribution is -0.142. The molecule has 0 aromatic heterocycles. The van der Waals surface area contributed by atoms with Crippen LogP contribution in [-0.2, 0) is 25.6 Å². The molecular weight excluding hydrogens is 474 g/mol. The van der Waals surface area contributed by atoms with Gasteiger partial charge in [-0.2, -0.15) is 0 Å². The van der Waals surface area contributed by atoms with Crippen LogP contribution in [0.4, 0.5) is 0 Å². The summed E-state index contributed by atoms with van der Waals surface area (Å²) in [5, 5.41) is 35.4. The lowest BCUT2D eigenvalue weighted by atomic mass is 10.0. The first-order valence-corrected chi connectivity index (χ1v) is 11.2. The molecule has 1 rings (SSSR count). The average molecular weight is 510 g/mol. The second kappa shape index (κ2) is 14.5. The molecule has 3 amide bonds. The van der Waals surface area contributed by atoms with Crippen LogP contribution in [0.25, 0.3) is 0 Å². The normalized spacial score (nSPS) is 14.9. The topological polar surface area (TPSA) is 255 Å². The summed E-state index contributed by atoms with van der Waals surface area (Å²) in [5.74, 6) is -3.75. The molecule has 0 aliphatic heterocycles. The Kier molecular flexibility index (Phi) is 12.1. The number of aliphatic hydroxyl groups is 1. The number of aliphatic hydroxyl groups excluding tert-OH is 1. The fraction of sp³-hybridized carbons (Fsp3) is 0.500. The van der Waals surface area contributed by atoms with E-state index >= 15 is 0 Å². The summed E-state index contributed by atoms with van der Waals surface area (Å²) in [4.78, 5) is 53.0. The van der Waals surface area contributed by atoms with Crippen molar-refractivity contribution in [2.24, 2.45) is 22.2 Å². The Hall–Kier alpha value is -3.91. The van der Waals surface area contributed by atoms with E-state index in [0.717, 1.165) is 0 Å². The summed E-state index contributed by atoms with van der Waals surface area (Å²) in [6.07, 6.45) is -0.893. The number of carboxylic acid groups (broad SMARTS) is 1. The van der Waals surface area contributed by atoms with Crippen molar-refractivity contribution in [2.75, 3.05) is 6.54 Å². The molecule has 0 spiro atoms. The molecule has 36 heavy (non-hydrogen) atoms. The highest BCUT2D eigenvalue weighted by Gasteiger charge is 2.31. The zero-order valence-corrected chi connectivity index (χ0v) is 20.2. The molecule has 0 bridgehead atoms. The number of nitrogens with zero attached hydrogens (tertiary/aromatic N) is 1. The number of guanidine groups is 1. The number of hydrogen-bond acceptors (Lipinski definition) is 8. The number of hydrogen-bond donors (Lipinski definition) is 9. The van der Waals surface area contributed by atoms with Crippen LogP contribution in [0.5, 0.6) is 5.75 Å². The minimum Gasteiger partial charge on any atom is -0.508 e. The molecule has 0 radical (unpaired) electrons. The molecule has 0 saturated carbocycles. The maximum absolute atomic E-state index is 13.0. The summed E-state index contributed by atoms with van der Waals surface area (Å²) < 4.78 is 0. The molecule has 14 nitrogen and oxygen atoms in total. The quantitative estimate of drug-likeness (QED) is 0.0709. The van der Waals surface area contributed by atoms with E-state index in [2.05, 4.69) is 20.9 Å². The van der Waals surface area contributed by atoms with Crippen LogP contribution in [0.3, 0.4) is 0 Å². The van der Waals surface area contributed by atoms with Crippen LogP contribution < -0.4 is 33.2 Å². The molecule has 0 heterocycles. The van der Waals surface area contributed by atoms with Gasteiger partial charge in [0, 0.05) is 6.54 Å². The van der Waals surface area contributed by atoms with Gasteiger partial charge in [-0.1, -0.05) is 12.1 Å². The summed E-state index contributed by atoms with van der Waals surface area (Å²) in [5.41, 5.74) is 17.3. The Morgan fingerprint density at radius 2 is 1.58 bits per heavy atom. The van der Waals surface area contributed by atoms with Gasteiger partial charge in [0.15, 0.2) is 5.96 Å². The Bertz CT molecular complexity index is 933. The van der Waals surface area contributed by atoms with E-state index in [1.165, 1.54) is 26.0 Å². The molecule has 0 fully saturated rings. The molecule has 0 saturated heterocycles. The third-order valence-corrected chi connectivity index (χ3v) is 5.10. The maximum Gasteiger partial charge on any atom is 0.325 e. The van der Waals surface area contributed by atoms with Gasteiger partial charge >= 0.3 is 5.97 Å².